The molecule has 0 aliphatic heterocycles. The average Bonchev–Trinajstić information content (AvgIpc) is 2.01. The van der Waals surface area contributed by atoms with E-state index in [9.17, 15) is 9.59 Å². The van der Waals surface area contributed by atoms with Crippen molar-refractivity contribution in [3.8, 4) is 0 Å². The Morgan fingerprint density at radius 3 is 2.58 bits per heavy atom. The first kappa shape index (κ1) is 11.6. The largest absolute Gasteiger partial charge is 0.466 e. The molecule has 0 aliphatic rings. The molecule has 0 aromatic heterocycles. The first-order valence-corrected chi connectivity index (χ1v) is 5.06. The zero-order valence-electron chi connectivity index (χ0n) is 7.14. The second-order valence-corrected chi connectivity index (χ2v) is 3.11. The highest BCUT2D eigenvalue weighted by Gasteiger charge is 2.08. The summed E-state index contributed by atoms with van der Waals surface area (Å²) in [5.41, 5.74) is 0. The summed E-state index contributed by atoms with van der Waals surface area (Å²) in [6.07, 6.45) is 1.14. The van der Waals surface area contributed by atoms with Gasteiger partial charge >= 0.3 is 5.97 Å². The molecule has 0 bridgehead atoms. The average molecular weight is 237 g/mol. The van der Waals surface area contributed by atoms with E-state index >= 15 is 0 Å². The van der Waals surface area contributed by atoms with E-state index in [1.807, 2.05) is 0 Å². The van der Waals surface area contributed by atoms with Crippen LogP contribution in [0.25, 0.3) is 0 Å². The number of halogens is 1. The fourth-order valence-corrected chi connectivity index (χ4v) is 1.01. The van der Waals surface area contributed by atoms with E-state index in [0.717, 1.165) is 11.8 Å². The zero-order valence-corrected chi connectivity index (χ0v) is 8.72. The third-order valence-corrected chi connectivity index (χ3v) is 1.80. The Balaban J connectivity index is 3.47. The molecule has 0 radical (unpaired) electrons. The molecule has 0 N–H and O–H groups in total. The van der Waals surface area contributed by atoms with Crippen molar-refractivity contribution in [2.45, 2.75) is 26.2 Å². The molecule has 0 heterocycles. The maximum absolute atomic E-state index is 11.0. The number of esters is 1. The molecule has 0 aliphatic carbocycles. The minimum absolute atomic E-state index is 0.0482. The van der Waals surface area contributed by atoms with Crippen molar-refractivity contribution < 1.29 is 14.3 Å². The number of hydrogen-bond donors (Lipinski definition) is 0. The number of hydrogen-bond acceptors (Lipinski definition) is 3. The van der Waals surface area contributed by atoms with Crippen LogP contribution in [-0.2, 0) is 14.3 Å². The standard InChI is InChI=1S/C8H13BrO3/c1-2-12-8(11)6-7(10)4-3-5-9/h2-6H2,1H3. The van der Waals surface area contributed by atoms with Gasteiger partial charge < -0.3 is 4.74 Å². The van der Waals surface area contributed by atoms with Crippen LogP contribution in [0.1, 0.15) is 26.2 Å². The molecule has 0 rings (SSSR count). The molecule has 0 unspecified atom stereocenters. The number of ether oxygens (including phenoxy) is 1. The van der Waals surface area contributed by atoms with Crippen LogP contribution in [0, 0.1) is 0 Å². The highest BCUT2D eigenvalue weighted by Crippen LogP contribution is 1.99. The van der Waals surface area contributed by atoms with Crippen LogP contribution >= 0.6 is 15.9 Å². The topological polar surface area (TPSA) is 43.4 Å². The molecular formula is C8H13BrO3. The van der Waals surface area contributed by atoms with E-state index in [1.54, 1.807) is 6.92 Å². The second-order valence-electron chi connectivity index (χ2n) is 2.31. The first-order chi connectivity index (χ1) is 5.70. The summed E-state index contributed by atoms with van der Waals surface area (Å²) in [7, 11) is 0. The second kappa shape index (κ2) is 7.28. The predicted molar refractivity (Wildman–Crippen MR) is 49.3 cm³/mol. The fourth-order valence-electron chi connectivity index (χ4n) is 0.725. The maximum Gasteiger partial charge on any atom is 0.313 e. The van der Waals surface area contributed by atoms with Crippen molar-refractivity contribution in [1.82, 2.24) is 0 Å². The van der Waals surface area contributed by atoms with E-state index in [0.29, 0.717) is 13.0 Å². The van der Waals surface area contributed by atoms with Gasteiger partial charge in [-0.25, -0.2) is 0 Å². The van der Waals surface area contributed by atoms with Crippen molar-refractivity contribution in [2.24, 2.45) is 0 Å². The summed E-state index contributed by atoms with van der Waals surface area (Å²) in [6, 6.07) is 0. The van der Waals surface area contributed by atoms with Crippen molar-refractivity contribution >= 4 is 27.7 Å². The number of carbonyl (C=O) groups is 2. The highest BCUT2D eigenvalue weighted by molar-refractivity contribution is 9.09. The van der Waals surface area contributed by atoms with E-state index in [-0.39, 0.29) is 12.2 Å². The van der Waals surface area contributed by atoms with Gasteiger partial charge in [-0.05, 0) is 13.3 Å². The third-order valence-electron chi connectivity index (χ3n) is 1.24. The highest BCUT2D eigenvalue weighted by atomic mass is 79.9. The maximum atomic E-state index is 11.0. The Hall–Kier alpha value is -0.380. The van der Waals surface area contributed by atoms with Gasteiger partial charge in [0.15, 0.2) is 0 Å². The Morgan fingerprint density at radius 2 is 2.08 bits per heavy atom. The van der Waals surface area contributed by atoms with Crippen molar-refractivity contribution in [2.75, 3.05) is 11.9 Å². The minimum Gasteiger partial charge on any atom is -0.466 e. The zero-order chi connectivity index (χ0) is 9.40. The van der Waals surface area contributed by atoms with Gasteiger partial charge in [0.2, 0.25) is 0 Å². The Labute approximate surface area is 80.6 Å². The molecule has 0 saturated carbocycles. The van der Waals surface area contributed by atoms with Gasteiger partial charge in [-0.3, -0.25) is 9.59 Å². The molecule has 4 heteroatoms. The normalized spacial score (nSPS) is 9.50. The lowest BCUT2D eigenvalue weighted by atomic mass is 10.2. The smallest absolute Gasteiger partial charge is 0.313 e. The van der Waals surface area contributed by atoms with Gasteiger partial charge in [-0.15, -0.1) is 0 Å². The van der Waals surface area contributed by atoms with Gasteiger partial charge in [0.1, 0.15) is 12.2 Å². The van der Waals surface area contributed by atoms with Crippen LogP contribution in [0.4, 0.5) is 0 Å². The molecule has 0 atom stereocenters. The molecule has 70 valence electrons. The van der Waals surface area contributed by atoms with Gasteiger partial charge in [-0.1, -0.05) is 15.9 Å². The summed E-state index contributed by atoms with van der Waals surface area (Å²) < 4.78 is 4.62. The van der Waals surface area contributed by atoms with Crippen LogP contribution in [0.15, 0.2) is 0 Å². The summed E-state index contributed by atoms with van der Waals surface area (Å²) in [6.45, 7) is 2.06. The Bertz CT molecular complexity index is 156. The van der Waals surface area contributed by atoms with Crippen molar-refractivity contribution in [3.05, 3.63) is 0 Å². The van der Waals surface area contributed by atoms with Crippen LogP contribution < -0.4 is 0 Å². The lowest BCUT2D eigenvalue weighted by Gasteiger charge is -1.99. The number of carbonyl (C=O) groups excluding carboxylic acids is 2. The SMILES string of the molecule is CCOC(=O)CC(=O)CCCBr. The lowest BCUT2D eigenvalue weighted by molar-refractivity contribution is -0.145. The molecule has 0 amide bonds. The van der Waals surface area contributed by atoms with E-state index < -0.39 is 5.97 Å². The molecule has 0 fully saturated rings. The molecule has 12 heavy (non-hydrogen) atoms. The quantitative estimate of drug-likeness (QED) is 0.401. The summed E-state index contributed by atoms with van der Waals surface area (Å²) in [4.78, 5) is 21.7. The van der Waals surface area contributed by atoms with Crippen LogP contribution in [0.2, 0.25) is 0 Å². The predicted octanol–water partition coefficient (Wildman–Crippen LogP) is 1.68. The van der Waals surface area contributed by atoms with Crippen molar-refractivity contribution in [1.29, 1.82) is 0 Å². The number of rotatable bonds is 6. The van der Waals surface area contributed by atoms with Crippen LogP contribution in [0.5, 0.6) is 0 Å². The fraction of sp³-hybridized carbons (Fsp3) is 0.750. The molecule has 0 saturated heterocycles. The van der Waals surface area contributed by atoms with E-state index in [2.05, 4.69) is 20.7 Å². The summed E-state index contributed by atoms with van der Waals surface area (Å²) >= 11 is 3.21. The number of alkyl halides is 1. The number of Topliss-reactive ketones (excluding diaryl/α,β-unsaturated/α-hetero) is 1. The van der Waals surface area contributed by atoms with Gasteiger partial charge in [-0.2, -0.15) is 0 Å². The van der Waals surface area contributed by atoms with Gasteiger partial charge in [0.25, 0.3) is 0 Å². The Morgan fingerprint density at radius 1 is 1.42 bits per heavy atom. The van der Waals surface area contributed by atoms with Gasteiger partial charge in [0.05, 0.1) is 6.61 Å². The lowest BCUT2D eigenvalue weighted by Crippen LogP contribution is -2.10. The molecule has 0 spiro atoms. The summed E-state index contributed by atoms with van der Waals surface area (Å²) in [5, 5.41) is 0.793. The molecular weight excluding hydrogens is 224 g/mol. The Kier molecular flexibility index (Phi) is 7.05. The van der Waals surface area contributed by atoms with E-state index in [4.69, 9.17) is 0 Å². The monoisotopic (exact) mass is 236 g/mol. The van der Waals surface area contributed by atoms with Crippen LogP contribution in [-0.4, -0.2) is 23.7 Å². The molecule has 0 aromatic carbocycles. The van der Waals surface area contributed by atoms with Crippen LogP contribution in [0.3, 0.4) is 0 Å². The van der Waals surface area contributed by atoms with Crippen molar-refractivity contribution in [3.63, 3.8) is 0 Å². The number of ketones is 1. The minimum atomic E-state index is -0.419. The molecule has 0 aromatic rings. The summed E-state index contributed by atoms with van der Waals surface area (Å²) in [5.74, 6) is -0.468. The first-order valence-electron chi connectivity index (χ1n) is 3.94. The van der Waals surface area contributed by atoms with E-state index in [1.165, 1.54) is 0 Å². The van der Waals surface area contributed by atoms with Gasteiger partial charge in [0, 0.05) is 11.8 Å². The molecule has 3 nitrogen and oxygen atoms in total. The third kappa shape index (κ3) is 6.34.